The van der Waals surface area contributed by atoms with Gasteiger partial charge >= 0.3 is 0 Å². The predicted molar refractivity (Wildman–Crippen MR) is 88.1 cm³/mol. The van der Waals surface area contributed by atoms with Crippen LogP contribution in [0.3, 0.4) is 0 Å². The Morgan fingerprint density at radius 2 is 1.62 bits per heavy atom. The second-order valence-corrected chi connectivity index (χ2v) is 8.24. The van der Waals surface area contributed by atoms with Crippen molar-refractivity contribution < 1.29 is 0 Å². The smallest absolute Gasteiger partial charge is 0.0294 e. The maximum absolute atomic E-state index is 3.93. The van der Waals surface area contributed by atoms with Gasteiger partial charge in [0.2, 0.25) is 0 Å². The monoisotopic (exact) mass is 283 g/mol. The summed E-state index contributed by atoms with van der Waals surface area (Å²) >= 11 is 0. The summed E-state index contributed by atoms with van der Waals surface area (Å²) in [6, 6.07) is 10.7. The first-order valence-corrected chi connectivity index (χ1v) is 8.98. The van der Waals surface area contributed by atoms with Crippen molar-refractivity contribution in [3.8, 4) is 0 Å². The zero-order valence-corrected chi connectivity index (χ0v) is 13.7. The minimum atomic E-state index is 0.507. The Kier molecular flexibility index (Phi) is 3.37. The fraction of sp³-hybridized carbons (Fsp3) is 0.700. The molecule has 0 aromatic heterocycles. The van der Waals surface area contributed by atoms with Crippen LogP contribution >= 0.6 is 0 Å². The zero-order valence-electron chi connectivity index (χ0n) is 13.7. The summed E-state index contributed by atoms with van der Waals surface area (Å²) in [5.74, 6) is 4.95. The first-order chi connectivity index (χ1) is 10.1. The van der Waals surface area contributed by atoms with Crippen LogP contribution in [0.2, 0.25) is 0 Å². The molecule has 3 fully saturated rings. The Hall–Kier alpha value is -0.820. The molecule has 2 bridgehead atoms. The molecule has 3 saturated carbocycles. The molecule has 0 saturated heterocycles. The number of rotatable bonds is 5. The minimum Gasteiger partial charge on any atom is -0.307 e. The Labute approximate surface area is 129 Å². The van der Waals surface area contributed by atoms with Crippen molar-refractivity contribution in [1.82, 2.24) is 5.32 Å². The van der Waals surface area contributed by atoms with Crippen molar-refractivity contribution in [1.29, 1.82) is 0 Å². The first-order valence-electron chi connectivity index (χ1n) is 8.98. The average molecular weight is 283 g/mol. The molecule has 0 aliphatic heterocycles. The maximum atomic E-state index is 3.93. The second-order valence-electron chi connectivity index (χ2n) is 8.24. The van der Waals surface area contributed by atoms with Crippen LogP contribution in [0, 0.1) is 29.6 Å². The Balaban J connectivity index is 1.36. The van der Waals surface area contributed by atoms with Crippen LogP contribution in [-0.4, -0.2) is 6.04 Å². The van der Waals surface area contributed by atoms with Gasteiger partial charge in [0.05, 0.1) is 0 Å². The van der Waals surface area contributed by atoms with Gasteiger partial charge in [-0.25, -0.2) is 0 Å². The Bertz CT molecular complexity index is 487. The lowest BCUT2D eigenvalue weighted by Crippen LogP contribution is -2.26. The number of nitrogens with one attached hydrogen (secondary N) is 1. The van der Waals surface area contributed by atoms with E-state index in [1.54, 1.807) is 6.42 Å². The third-order valence-electron chi connectivity index (χ3n) is 6.30. The van der Waals surface area contributed by atoms with Gasteiger partial charge < -0.3 is 5.32 Å². The third kappa shape index (κ3) is 2.44. The van der Waals surface area contributed by atoms with Crippen LogP contribution in [0.5, 0.6) is 0 Å². The van der Waals surface area contributed by atoms with Crippen molar-refractivity contribution in [2.45, 2.75) is 58.5 Å². The van der Waals surface area contributed by atoms with E-state index in [0.717, 1.165) is 35.6 Å². The van der Waals surface area contributed by atoms with Crippen molar-refractivity contribution in [2.24, 2.45) is 29.6 Å². The topological polar surface area (TPSA) is 12.0 Å². The highest BCUT2D eigenvalue weighted by atomic mass is 15.0. The highest BCUT2D eigenvalue weighted by Crippen LogP contribution is 2.65. The fourth-order valence-electron chi connectivity index (χ4n) is 5.35. The van der Waals surface area contributed by atoms with E-state index < -0.39 is 0 Å². The lowest BCUT2D eigenvalue weighted by atomic mass is 9.99. The van der Waals surface area contributed by atoms with Crippen LogP contribution in [0.1, 0.15) is 57.2 Å². The quantitative estimate of drug-likeness (QED) is 0.834. The number of hydrogen-bond donors (Lipinski definition) is 1. The predicted octanol–water partition coefficient (Wildman–Crippen LogP) is 4.58. The van der Waals surface area contributed by atoms with Gasteiger partial charge in [0, 0.05) is 12.1 Å². The zero-order chi connectivity index (χ0) is 14.6. The number of hydrogen-bond acceptors (Lipinski definition) is 1. The van der Waals surface area contributed by atoms with E-state index in [4.69, 9.17) is 0 Å². The summed E-state index contributed by atoms with van der Waals surface area (Å²) in [6.07, 6.45) is 5.77. The molecule has 3 aliphatic rings. The second kappa shape index (κ2) is 5.12. The van der Waals surface area contributed by atoms with Gasteiger partial charge in [0.1, 0.15) is 0 Å². The fourth-order valence-corrected chi connectivity index (χ4v) is 5.35. The summed E-state index contributed by atoms with van der Waals surface area (Å²) < 4.78 is 0. The van der Waals surface area contributed by atoms with Crippen molar-refractivity contribution in [2.75, 3.05) is 0 Å². The average Bonchev–Trinajstić information content (AvgIpc) is 2.83. The normalized spacial score (nSPS) is 37.8. The number of fused-ring (bicyclic) bond motifs is 5. The minimum absolute atomic E-state index is 0.507. The summed E-state index contributed by atoms with van der Waals surface area (Å²) in [4.78, 5) is 0. The molecule has 0 amide bonds. The van der Waals surface area contributed by atoms with Gasteiger partial charge in [-0.3, -0.25) is 0 Å². The van der Waals surface area contributed by atoms with E-state index in [1.807, 2.05) is 0 Å². The molecule has 0 spiro atoms. The third-order valence-corrected chi connectivity index (χ3v) is 6.30. The highest BCUT2D eigenvalue weighted by molar-refractivity contribution is 5.26. The van der Waals surface area contributed by atoms with Gasteiger partial charge in [-0.1, -0.05) is 38.1 Å². The first kappa shape index (κ1) is 13.8. The van der Waals surface area contributed by atoms with E-state index in [0.29, 0.717) is 6.04 Å². The molecule has 1 aromatic carbocycles. The van der Waals surface area contributed by atoms with Crippen molar-refractivity contribution >= 4 is 0 Å². The van der Waals surface area contributed by atoms with E-state index in [-0.39, 0.29) is 0 Å². The van der Waals surface area contributed by atoms with Gasteiger partial charge in [-0.05, 0) is 73.3 Å². The van der Waals surface area contributed by atoms with Gasteiger partial charge in [0.25, 0.3) is 0 Å². The molecule has 5 unspecified atom stereocenters. The molecule has 1 heteroatoms. The molecule has 0 heterocycles. The van der Waals surface area contributed by atoms with Crippen LogP contribution in [0.25, 0.3) is 0 Å². The molecule has 0 radical (unpaired) electrons. The molecule has 1 N–H and O–H groups in total. The molecule has 1 nitrogen and oxygen atoms in total. The van der Waals surface area contributed by atoms with Gasteiger partial charge in [0.15, 0.2) is 0 Å². The van der Waals surface area contributed by atoms with Crippen molar-refractivity contribution in [3.63, 3.8) is 0 Å². The largest absolute Gasteiger partial charge is 0.307 e. The van der Waals surface area contributed by atoms with Crippen LogP contribution in [0.15, 0.2) is 24.3 Å². The van der Waals surface area contributed by atoms with Crippen LogP contribution < -0.4 is 5.32 Å². The van der Waals surface area contributed by atoms with Crippen LogP contribution in [-0.2, 0) is 6.42 Å². The summed E-state index contributed by atoms with van der Waals surface area (Å²) in [7, 11) is 0. The van der Waals surface area contributed by atoms with Crippen molar-refractivity contribution in [3.05, 3.63) is 35.4 Å². The van der Waals surface area contributed by atoms with Gasteiger partial charge in [-0.2, -0.15) is 0 Å². The van der Waals surface area contributed by atoms with E-state index in [1.165, 1.54) is 30.4 Å². The SMILES string of the molecule is CC(C)Cc1ccc(C(C)NC2C3C4CCC(C4)C23)cc1. The summed E-state index contributed by atoms with van der Waals surface area (Å²) in [5, 5.41) is 3.93. The van der Waals surface area contributed by atoms with E-state index in [2.05, 4.69) is 50.4 Å². The lowest BCUT2D eigenvalue weighted by Gasteiger charge is -2.18. The molecular formula is C20H29N. The molecule has 1 aromatic rings. The maximum Gasteiger partial charge on any atom is 0.0294 e. The number of benzene rings is 1. The summed E-state index contributed by atoms with van der Waals surface area (Å²) in [5.41, 5.74) is 2.93. The Morgan fingerprint density at radius 1 is 1.00 bits per heavy atom. The molecule has 4 rings (SSSR count). The molecule has 114 valence electrons. The standard InChI is InChI=1S/C20H29N/c1-12(2)10-14-4-6-15(7-5-14)13(3)21-20-18-16-8-9-17(11-16)19(18)20/h4-7,12-13,16-21H,8-11H2,1-3H3. The van der Waals surface area contributed by atoms with E-state index in [9.17, 15) is 0 Å². The van der Waals surface area contributed by atoms with Gasteiger partial charge in [-0.15, -0.1) is 0 Å². The lowest BCUT2D eigenvalue weighted by molar-refractivity contribution is 0.433. The molecular weight excluding hydrogens is 254 g/mol. The molecule has 5 atom stereocenters. The molecule has 3 aliphatic carbocycles. The van der Waals surface area contributed by atoms with Crippen LogP contribution in [0.4, 0.5) is 0 Å². The molecule has 21 heavy (non-hydrogen) atoms. The Morgan fingerprint density at radius 3 is 2.19 bits per heavy atom. The summed E-state index contributed by atoms with van der Waals surface area (Å²) in [6.45, 7) is 6.92. The highest BCUT2D eigenvalue weighted by Gasteiger charge is 2.64. The van der Waals surface area contributed by atoms with E-state index >= 15 is 0 Å².